The molecule has 1 atom stereocenters. The molecule has 0 aliphatic carbocycles. The highest BCUT2D eigenvalue weighted by atomic mass is 16.5. The Morgan fingerprint density at radius 2 is 2.03 bits per heavy atom. The molecule has 2 aromatic heterocycles. The van der Waals surface area contributed by atoms with Crippen LogP contribution in [0, 0.1) is 0 Å². The van der Waals surface area contributed by atoms with E-state index >= 15 is 0 Å². The van der Waals surface area contributed by atoms with E-state index in [-0.39, 0.29) is 18.6 Å². The maximum Gasteiger partial charge on any atom is 0.257 e. The van der Waals surface area contributed by atoms with Crippen LogP contribution < -0.4 is 4.74 Å². The summed E-state index contributed by atoms with van der Waals surface area (Å²) in [4.78, 5) is 24.6. The first kappa shape index (κ1) is 22.0. The predicted octanol–water partition coefficient (Wildman–Crippen LogP) is 3.89. The molecule has 4 rings (SSSR count). The third-order valence-corrected chi connectivity index (χ3v) is 5.95. The average molecular weight is 436 g/mol. The Bertz CT molecular complexity index is 1080. The van der Waals surface area contributed by atoms with E-state index in [1.165, 1.54) is 0 Å². The highest BCUT2D eigenvalue weighted by Gasteiger charge is 2.30. The molecule has 1 saturated heterocycles. The molecule has 0 spiro atoms. The maximum absolute atomic E-state index is 13.4. The van der Waals surface area contributed by atoms with Crippen LogP contribution in [0.1, 0.15) is 48.7 Å². The van der Waals surface area contributed by atoms with Gasteiger partial charge in [-0.1, -0.05) is 19.1 Å². The van der Waals surface area contributed by atoms with Crippen LogP contribution in [0.3, 0.4) is 0 Å². The van der Waals surface area contributed by atoms with Gasteiger partial charge in [-0.25, -0.2) is 9.97 Å². The third-order valence-electron chi connectivity index (χ3n) is 5.95. The third kappa shape index (κ3) is 4.23. The van der Waals surface area contributed by atoms with Crippen LogP contribution in [0.25, 0.3) is 17.2 Å². The number of ether oxygens (including phenoxy) is 2. The van der Waals surface area contributed by atoms with Gasteiger partial charge in [-0.2, -0.15) is 9.78 Å². The van der Waals surface area contributed by atoms with Crippen LogP contribution in [0.15, 0.2) is 42.7 Å². The number of para-hydroxylation sites is 1. The summed E-state index contributed by atoms with van der Waals surface area (Å²) in [5.74, 6) is 1.10. The van der Waals surface area contributed by atoms with E-state index in [0.717, 1.165) is 43.5 Å². The molecule has 0 bridgehead atoms. The topological polar surface area (TPSA) is 82.4 Å². The first-order chi connectivity index (χ1) is 15.7. The molecule has 0 N–H and O–H groups in total. The average Bonchev–Trinajstić information content (AvgIpc) is 3.27. The summed E-state index contributed by atoms with van der Waals surface area (Å²) in [6.45, 7) is 3.13. The highest BCUT2D eigenvalue weighted by Crippen LogP contribution is 2.29. The van der Waals surface area contributed by atoms with Gasteiger partial charge >= 0.3 is 0 Å². The van der Waals surface area contributed by atoms with Gasteiger partial charge in [0.1, 0.15) is 5.75 Å². The molecule has 1 aromatic carbocycles. The lowest BCUT2D eigenvalue weighted by Gasteiger charge is -2.35. The predicted molar refractivity (Wildman–Crippen MR) is 121 cm³/mol. The smallest absolute Gasteiger partial charge is 0.257 e. The summed E-state index contributed by atoms with van der Waals surface area (Å²) in [5, 5.41) is 4.48. The van der Waals surface area contributed by atoms with Crippen molar-refractivity contribution in [2.24, 2.45) is 0 Å². The van der Waals surface area contributed by atoms with Gasteiger partial charge in [-0.3, -0.25) is 4.79 Å². The molecule has 8 nitrogen and oxygen atoms in total. The fourth-order valence-corrected chi connectivity index (χ4v) is 4.30. The molecular formula is C24H29N5O3. The molecular weight excluding hydrogens is 406 g/mol. The van der Waals surface area contributed by atoms with Gasteiger partial charge in [-0.05, 0) is 43.9 Å². The Morgan fingerprint density at radius 1 is 1.19 bits per heavy atom. The quantitative estimate of drug-likeness (QED) is 0.560. The number of piperidine rings is 1. The van der Waals surface area contributed by atoms with Crippen molar-refractivity contribution in [3.8, 4) is 23.0 Å². The first-order valence-electron chi connectivity index (χ1n) is 11.0. The number of carbonyl (C=O) groups excluding carboxylic acids is 1. The molecule has 3 aromatic rings. The summed E-state index contributed by atoms with van der Waals surface area (Å²) in [6.07, 6.45) is 7.47. The number of carbonyl (C=O) groups is 1. The standard InChI is InChI=1S/C24H29N5O3/c1-4-17-9-7-8-14-28(17)23(30)19-15-26-29(21(19)16-31-2)24-25-13-12-20(27-24)18-10-5-6-11-22(18)32-3/h5-6,10-13,15,17H,4,7-9,14,16H2,1-3H3. The van der Waals surface area contributed by atoms with Crippen molar-refractivity contribution < 1.29 is 14.3 Å². The lowest BCUT2D eigenvalue weighted by Crippen LogP contribution is -2.43. The number of likely N-dealkylation sites (tertiary alicyclic amines) is 1. The lowest BCUT2D eigenvalue weighted by molar-refractivity contribution is 0.0603. The summed E-state index contributed by atoms with van der Waals surface area (Å²) in [7, 11) is 3.24. The number of amides is 1. The van der Waals surface area contributed by atoms with Gasteiger partial charge in [0, 0.05) is 31.5 Å². The number of hydrogen-bond donors (Lipinski definition) is 0. The van der Waals surface area contributed by atoms with E-state index in [2.05, 4.69) is 17.0 Å². The Labute approximate surface area is 188 Å². The van der Waals surface area contributed by atoms with Crippen LogP contribution in [0.5, 0.6) is 5.75 Å². The maximum atomic E-state index is 13.4. The van der Waals surface area contributed by atoms with Crippen molar-refractivity contribution >= 4 is 5.91 Å². The van der Waals surface area contributed by atoms with Gasteiger partial charge in [0.25, 0.3) is 11.9 Å². The second kappa shape index (κ2) is 9.91. The van der Waals surface area contributed by atoms with Gasteiger partial charge in [0.15, 0.2) is 0 Å². The Kier molecular flexibility index (Phi) is 6.80. The Hall–Kier alpha value is -3.26. The van der Waals surface area contributed by atoms with E-state index in [1.54, 1.807) is 31.3 Å². The molecule has 1 aliphatic rings. The van der Waals surface area contributed by atoms with Crippen molar-refractivity contribution in [2.45, 2.75) is 45.3 Å². The zero-order valence-electron chi connectivity index (χ0n) is 18.8. The van der Waals surface area contributed by atoms with E-state index in [1.807, 2.05) is 35.2 Å². The van der Waals surface area contributed by atoms with Crippen LogP contribution in [-0.2, 0) is 11.3 Å². The van der Waals surface area contributed by atoms with E-state index in [0.29, 0.717) is 22.9 Å². The molecule has 1 unspecified atom stereocenters. The minimum Gasteiger partial charge on any atom is -0.496 e. The van der Waals surface area contributed by atoms with E-state index < -0.39 is 0 Å². The molecule has 32 heavy (non-hydrogen) atoms. The van der Waals surface area contributed by atoms with Crippen LogP contribution in [0.4, 0.5) is 0 Å². The monoisotopic (exact) mass is 435 g/mol. The van der Waals surface area contributed by atoms with Crippen molar-refractivity contribution in [3.63, 3.8) is 0 Å². The van der Waals surface area contributed by atoms with E-state index in [4.69, 9.17) is 14.5 Å². The second-order valence-corrected chi connectivity index (χ2v) is 7.85. The van der Waals surface area contributed by atoms with Crippen molar-refractivity contribution in [2.75, 3.05) is 20.8 Å². The normalized spacial score (nSPS) is 16.2. The summed E-state index contributed by atoms with van der Waals surface area (Å²) >= 11 is 0. The van der Waals surface area contributed by atoms with Crippen molar-refractivity contribution in [3.05, 3.63) is 54.0 Å². The van der Waals surface area contributed by atoms with Crippen LogP contribution in [-0.4, -0.2) is 57.4 Å². The van der Waals surface area contributed by atoms with Crippen LogP contribution in [0.2, 0.25) is 0 Å². The molecule has 0 radical (unpaired) electrons. The number of methoxy groups -OCH3 is 2. The molecule has 168 valence electrons. The molecule has 1 amide bonds. The SMILES string of the molecule is CCC1CCCCN1C(=O)c1cnn(-c2nccc(-c3ccccc3OC)n2)c1COC. The van der Waals surface area contributed by atoms with Gasteiger partial charge in [0.05, 0.1) is 36.9 Å². The van der Waals surface area contributed by atoms with Crippen molar-refractivity contribution in [1.29, 1.82) is 0 Å². The number of rotatable bonds is 7. The van der Waals surface area contributed by atoms with Crippen molar-refractivity contribution in [1.82, 2.24) is 24.6 Å². The fourth-order valence-electron chi connectivity index (χ4n) is 4.30. The number of aromatic nitrogens is 4. The summed E-state index contributed by atoms with van der Waals surface area (Å²) < 4.78 is 12.5. The minimum absolute atomic E-state index is 0.00395. The first-order valence-corrected chi connectivity index (χ1v) is 11.0. The molecule has 3 heterocycles. The Morgan fingerprint density at radius 3 is 2.81 bits per heavy atom. The minimum atomic E-state index is -0.00395. The van der Waals surface area contributed by atoms with E-state index in [9.17, 15) is 4.79 Å². The summed E-state index contributed by atoms with van der Waals surface area (Å²) in [6, 6.07) is 9.77. The van der Waals surface area contributed by atoms with Gasteiger partial charge < -0.3 is 14.4 Å². The van der Waals surface area contributed by atoms with Gasteiger partial charge in [-0.15, -0.1) is 0 Å². The molecule has 1 aliphatic heterocycles. The largest absolute Gasteiger partial charge is 0.496 e. The number of hydrogen-bond acceptors (Lipinski definition) is 6. The Balaban J connectivity index is 1.72. The van der Waals surface area contributed by atoms with Crippen LogP contribution >= 0.6 is 0 Å². The lowest BCUT2D eigenvalue weighted by atomic mass is 9.99. The fraction of sp³-hybridized carbons (Fsp3) is 0.417. The molecule has 1 fully saturated rings. The zero-order valence-corrected chi connectivity index (χ0v) is 18.8. The summed E-state index contributed by atoms with van der Waals surface area (Å²) in [5.41, 5.74) is 2.75. The number of benzene rings is 1. The zero-order chi connectivity index (χ0) is 22.5. The molecule has 0 saturated carbocycles. The van der Waals surface area contributed by atoms with Gasteiger partial charge in [0.2, 0.25) is 0 Å². The highest BCUT2D eigenvalue weighted by molar-refractivity contribution is 5.95. The molecule has 8 heteroatoms. The second-order valence-electron chi connectivity index (χ2n) is 7.85. The number of nitrogens with zero attached hydrogens (tertiary/aromatic N) is 5.